The molecule has 0 radical (unpaired) electrons. The molecule has 0 N–H and O–H groups in total. The summed E-state index contributed by atoms with van der Waals surface area (Å²) in [5, 5.41) is 0. The highest BCUT2D eigenvalue weighted by atomic mass is 14.8. The van der Waals surface area contributed by atoms with Crippen LogP contribution in [0.4, 0.5) is 0 Å². The number of benzene rings is 5. The van der Waals surface area contributed by atoms with E-state index >= 15 is 0 Å². The third-order valence-corrected chi connectivity index (χ3v) is 11.7. The zero-order valence-corrected chi connectivity index (χ0v) is 35.8. The molecular formula is C60H40N6. The van der Waals surface area contributed by atoms with Crippen LogP contribution in [0.2, 0.25) is 0 Å². The summed E-state index contributed by atoms with van der Waals surface area (Å²) in [6.07, 6.45) is 7.20. The molecule has 0 amide bonds. The summed E-state index contributed by atoms with van der Waals surface area (Å²) in [6, 6.07) is 75.8. The van der Waals surface area contributed by atoms with Gasteiger partial charge in [-0.05, 0) is 164 Å². The second kappa shape index (κ2) is 18.0. The van der Waals surface area contributed by atoms with Gasteiger partial charge in [0.15, 0.2) is 0 Å². The highest BCUT2D eigenvalue weighted by Crippen LogP contribution is 2.36. The van der Waals surface area contributed by atoms with Crippen LogP contribution < -0.4 is 0 Å². The van der Waals surface area contributed by atoms with Crippen molar-refractivity contribution in [3.63, 3.8) is 0 Å². The standard InChI is InChI=1S/C60H40N6/c1-5-29-61-53(21-1)57-37-51(38-58(65-57)54-22-2-6-30-62-54)49-19-11-17-47(35-49)45-15-9-13-43(33-45)41-25-27-42(28-26-41)44-14-10-16-46(34-44)48-18-12-20-50(36-48)52-39-59(55-23-3-7-31-63-55)66-60(40-52)56-24-4-8-32-64-56/h1-40H. The molecule has 11 rings (SSSR count). The van der Waals surface area contributed by atoms with Crippen LogP contribution in [0, 0.1) is 0 Å². The van der Waals surface area contributed by atoms with Crippen LogP contribution in [0.3, 0.4) is 0 Å². The van der Waals surface area contributed by atoms with Gasteiger partial charge in [-0.15, -0.1) is 0 Å². The number of nitrogens with zero attached hydrogens (tertiary/aromatic N) is 6. The van der Waals surface area contributed by atoms with E-state index in [4.69, 9.17) is 9.97 Å². The van der Waals surface area contributed by atoms with Gasteiger partial charge in [0.25, 0.3) is 0 Å². The van der Waals surface area contributed by atoms with Crippen LogP contribution in [0.15, 0.2) is 243 Å². The van der Waals surface area contributed by atoms with E-state index in [1.165, 1.54) is 0 Å². The van der Waals surface area contributed by atoms with Crippen LogP contribution >= 0.6 is 0 Å². The first-order valence-electron chi connectivity index (χ1n) is 21.9. The molecule has 0 unspecified atom stereocenters. The first-order valence-corrected chi connectivity index (χ1v) is 21.9. The number of pyridine rings is 6. The van der Waals surface area contributed by atoms with Gasteiger partial charge < -0.3 is 0 Å². The molecule has 6 aromatic heterocycles. The molecule has 66 heavy (non-hydrogen) atoms. The van der Waals surface area contributed by atoms with E-state index in [1.807, 2.05) is 72.8 Å². The second-order valence-electron chi connectivity index (χ2n) is 16.0. The summed E-state index contributed by atoms with van der Waals surface area (Å²) in [4.78, 5) is 28.4. The third kappa shape index (κ3) is 8.54. The molecule has 0 aliphatic carbocycles. The van der Waals surface area contributed by atoms with E-state index in [1.54, 1.807) is 24.8 Å². The van der Waals surface area contributed by atoms with Gasteiger partial charge in [0.05, 0.1) is 45.6 Å². The molecule has 5 aromatic carbocycles. The summed E-state index contributed by atoms with van der Waals surface area (Å²) in [7, 11) is 0. The molecule has 0 bridgehead atoms. The zero-order chi connectivity index (χ0) is 44.1. The maximum atomic E-state index is 4.97. The first-order chi connectivity index (χ1) is 32.7. The highest BCUT2D eigenvalue weighted by molar-refractivity contribution is 5.83. The van der Waals surface area contributed by atoms with Crippen LogP contribution in [0.25, 0.3) is 112 Å². The van der Waals surface area contributed by atoms with Crippen LogP contribution in [-0.4, -0.2) is 29.9 Å². The predicted octanol–water partition coefficient (Wildman–Crippen LogP) is 14.7. The van der Waals surface area contributed by atoms with Gasteiger partial charge in [0, 0.05) is 24.8 Å². The van der Waals surface area contributed by atoms with Crippen molar-refractivity contribution in [1.82, 2.24) is 29.9 Å². The fourth-order valence-corrected chi connectivity index (χ4v) is 8.34. The first kappa shape index (κ1) is 39.8. The molecule has 0 spiro atoms. The van der Waals surface area contributed by atoms with Gasteiger partial charge in [-0.3, -0.25) is 19.9 Å². The maximum absolute atomic E-state index is 4.97. The van der Waals surface area contributed by atoms with Crippen LogP contribution in [-0.2, 0) is 0 Å². The summed E-state index contributed by atoms with van der Waals surface area (Å²) in [5.74, 6) is 0. The Morgan fingerprint density at radius 1 is 0.167 bits per heavy atom. The van der Waals surface area contributed by atoms with Crippen LogP contribution in [0.1, 0.15) is 0 Å². The number of hydrogen-bond donors (Lipinski definition) is 0. The quantitative estimate of drug-likeness (QED) is 0.136. The monoisotopic (exact) mass is 844 g/mol. The van der Waals surface area contributed by atoms with Crippen molar-refractivity contribution in [2.75, 3.05) is 0 Å². The van der Waals surface area contributed by atoms with Crippen molar-refractivity contribution in [3.8, 4) is 112 Å². The Morgan fingerprint density at radius 2 is 0.409 bits per heavy atom. The summed E-state index contributed by atoms with van der Waals surface area (Å²) < 4.78 is 0. The van der Waals surface area contributed by atoms with Gasteiger partial charge in [-0.2, -0.15) is 0 Å². The Bertz CT molecular complexity index is 3100. The molecular weight excluding hydrogens is 805 g/mol. The Balaban J connectivity index is 0.862. The van der Waals surface area contributed by atoms with E-state index in [-0.39, 0.29) is 0 Å². The van der Waals surface area contributed by atoms with Crippen molar-refractivity contribution in [3.05, 3.63) is 243 Å². The Hall–Kier alpha value is -9.00. The predicted molar refractivity (Wildman–Crippen MR) is 268 cm³/mol. The second-order valence-corrected chi connectivity index (χ2v) is 16.0. The lowest BCUT2D eigenvalue weighted by Crippen LogP contribution is -1.94. The van der Waals surface area contributed by atoms with E-state index < -0.39 is 0 Å². The lowest BCUT2D eigenvalue weighted by Gasteiger charge is -2.12. The van der Waals surface area contributed by atoms with Gasteiger partial charge in [0.2, 0.25) is 0 Å². The summed E-state index contributed by atoms with van der Waals surface area (Å²) >= 11 is 0. The Morgan fingerprint density at radius 3 is 0.652 bits per heavy atom. The molecule has 310 valence electrons. The van der Waals surface area contributed by atoms with E-state index in [9.17, 15) is 0 Å². The van der Waals surface area contributed by atoms with E-state index in [2.05, 4.69) is 166 Å². The molecule has 6 heterocycles. The summed E-state index contributed by atoms with van der Waals surface area (Å²) in [6.45, 7) is 0. The average molecular weight is 845 g/mol. The zero-order valence-electron chi connectivity index (χ0n) is 35.8. The van der Waals surface area contributed by atoms with Crippen molar-refractivity contribution in [2.24, 2.45) is 0 Å². The lowest BCUT2D eigenvalue weighted by molar-refractivity contribution is 1.22. The number of aromatic nitrogens is 6. The molecule has 0 saturated carbocycles. The van der Waals surface area contributed by atoms with Crippen molar-refractivity contribution in [2.45, 2.75) is 0 Å². The number of hydrogen-bond acceptors (Lipinski definition) is 6. The normalized spacial score (nSPS) is 11.0. The maximum Gasteiger partial charge on any atom is 0.0900 e. The smallest absolute Gasteiger partial charge is 0.0900 e. The van der Waals surface area contributed by atoms with Gasteiger partial charge in [-0.25, -0.2) is 9.97 Å². The third-order valence-electron chi connectivity index (χ3n) is 11.7. The Kier molecular flexibility index (Phi) is 10.9. The van der Waals surface area contributed by atoms with E-state index in [0.29, 0.717) is 0 Å². The fraction of sp³-hybridized carbons (Fsp3) is 0. The summed E-state index contributed by atoms with van der Waals surface area (Å²) in [5.41, 5.74) is 19.9. The largest absolute Gasteiger partial charge is 0.255 e. The molecule has 11 aromatic rings. The minimum atomic E-state index is 0.804. The SMILES string of the molecule is c1ccc(-c2cc(-c3cccc(-c4cccc(-c5ccc(-c6cccc(-c7cccc(-c8cc(-c9ccccn9)nc(-c9ccccn9)c8)c7)c6)cc5)c4)c3)cc(-c3ccccn3)n2)nc1. The van der Waals surface area contributed by atoms with Crippen molar-refractivity contribution >= 4 is 0 Å². The topological polar surface area (TPSA) is 77.3 Å². The molecule has 0 aliphatic heterocycles. The van der Waals surface area contributed by atoms with Gasteiger partial charge in [0.1, 0.15) is 0 Å². The Labute approximate surface area is 383 Å². The minimum absolute atomic E-state index is 0.804. The molecule has 6 heteroatoms. The molecule has 0 saturated heterocycles. The molecule has 0 atom stereocenters. The molecule has 6 nitrogen and oxygen atoms in total. The highest BCUT2D eigenvalue weighted by Gasteiger charge is 2.14. The van der Waals surface area contributed by atoms with Crippen LogP contribution in [0.5, 0.6) is 0 Å². The van der Waals surface area contributed by atoms with Gasteiger partial charge >= 0.3 is 0 Å². The van der Waals surface area contributed by atoms with Crippen molar-refractivity contribution in [1.29, 1.82) is 0 Å². The lowest BCUT2D eigenvalue weighted by atomic mass is 9.94. The molecule has 0 aliphatic rings. The van der Waals surface area contributed by atoms with E-state index in [0.717, 1.165) is 112 Å². The van der Waals surface area contributed by atoms with Crippen molar-refractivity contribution < 1.29 is 0 Å². The minimum Gasteiger partial charge on any atom is -0.255 e. The molecule has 0 fully saturated rings. The fourth-order valence-electron chi connectivity index (χ4n) is 8.34. The average Bonchev–Trinajstić information content (AvgIpc) is 3.42. The number of rotatable bonds is 10. The van der Waals surface area contributed by atoms with Gasteiger partial charge in [-0.1, -0.05) is 121 Å².